The van der Waals surface area contributed by atoms with Gasteiger partial charge in [0.2, 0.25) is 0 Å². The lowest BCUT2D eigenvalue weighted by Crippen LogP contribution is -2.26. The average molecular weight is 398 g/mol. The highest BCUT2D eigenvalue weighted by Crippen LogP contribution is 2.19. The van der Waals surface area contributed by atoms with E-state index >= 15 is 0 Å². The van der Waals surface area contributed by atoms with Crippen LogP contribution in [0.2, 0.25) is 0 Å². The Morgan fingerprint density at radius 3 is 2.00 bits per heavy atom. The number of anilines is 1. The zero-order valence-electron chi connectivity index (χ0n) is 15.2. The van der Waals surface area contributed by atoms with Gasteiger partial charge in [0.15, 0.2) is 0 Å². The Kier molecular flexibility index (Phi) is 6.29. The fraction of sp³-hybridized carbons (Fsp3) is 0.0909. The van der Waals surface area contributed by atoms with Gasteiger partial charge in [-0.1, -0.05) is 30.3 Å². The zero-order chi connectivity index (χ0) is 20.8. The molecular weight excluding hydrogens is 381 g/mol. The van der Waals surface area contributed by atoms with Crippen molar-refractivity contribution in [3.63, 3.8) is 0 Å². The quantitative estimate of drug-likeness (QED) is 0.649. The third kappa shape index (κ3) is 5.01. The molecule has 0 saturated heterocycles. The topological polar surface area (TPSA) is 58.2 Å². The molecule has 4 nitrogen and oxygen atoms in total. The molecule has 7 heteroatoms. The second-order valence-corrected chi connectivity index (χ2v) is 6.23. The molecule has 2 amide bonds. The van der Waals surface area contributed by atoms with E-state index in [1.807, 2.05) is 0 Å². The van der Waals surface area contributed by atoms with E-state index in [1.54, 1.807) is 18.2 Å². The molecule has 0 aliphatic rings. The lowest BCUT2D eigenvalue weighted by molar-refractivity contribution is 0.0954. The number of para-hydroxylation sites is 1. The van der Waals surface area contributed by atoms with Gasteiger partial charge in [0.25, 0.3) is 11.8 Å². The summed E-state index contributed by atoms with van der Waals surface area (Å²) < 4.78 is 41.0. The minimum absolute atomic E-state index is 0.0643. The number of amides is 2. The van der Waals surface area contributed by atoms with Crippen LogP contribution in [0.25, 0.3) is 0 Å². The van der Waals surface area contributed by atoms with Crippen molar-refractivity contribution in [1.29, 1.82) is 0 Å². The Balaban J connectivity index is 1.64. The number of carbonyl (C=O) groups is 2. The van der Waals surface area contributed by atoms with Crippen LogP contribution in [-0.4, -0.2) is 18.4 Å². The summed E-state index contributed by atoms with van der Waals surface area (Å²) in [5, 5.41) is 4.82. The SMILES string of the molecule is O=C(NCCc1ccccc1F)c1cccc(C(=O)Nc2c(F)cccc2F)c1. The molecule has 0 aliphatic carbocycles. The van der Waals surface area contributed by atoms with E-state index in [2.05, 4.69) is 10.6 Å². The predicted octanol–water partition coefficient (Wildman–Crippen LogP) is 4.33. The molecule has 0 fully saturated rings. The van der Waals surface area contributed by atoms with Crippen molar-refractivity contribution >= 4 is 17.5 Å². The van der Waals surface area contributed by atoms with Gasteiger partial charge in [0.1, 0.15) is 23.1 Å². The first-order valence-electron chi connectivity index (χ1n) is 8.83. The summed E-state index contributed by atoms with van der Waals surface area (Å²) in [6.45, 7) is 0.205. The van der Waals surface area contributed by atoms with Crippen LogP contribution in [0.3, 0.4) is 0 Å². The van der Waals surface area contributed by atoms with Crippen LogP contribution >= 0.6 is 0 Å². The maximum Gasteiger partial charge on any atom is 0.255 e. The molecule has 0 radical (unpaired) electrons. The van der Waals surface area contributed by atoms with E-state index in [1.165, 1.54) is 36.4 Å². The van der Waals surface area contributed by atoms with Crippen LogP contribution < -0.4 is 10.6 Å². The molecule has 3 aromatic carbocycles. The van der Waals surface area contributed by atoms with E-state index in [0.717, 1.165) is 12.1 Å². The van der Waals surface area contributed by atoms with Gasteiger partial charge in [-0.05, 0) is 48.4 Å². The van der Waals surface area contributed by atoms with Gasteiger partial charge >= 0.3 is 0 Å². The smallest absolute Gasteiger partial charge is 0.255 e. The zero-order valence-corrected chi connectivity index (χ0v) is 15.2. The number of nitrogens with one attached hydrogen (secondary N) is 2. The maximum absolute atomic E-state index is 13.7. The van der Waals surface area contributed by atoms with Gasteiger partial charge in [0, 0.05) is 17.7 Å². The van der Waals surface area contributed by atoms with Crippen molar-refractivity contribution in [3.05, 3.63) is 101 Å². The first-order chi connectivity index (χ1) is 14.0. The van der Waals surface area contributed by atoms with E-state index in [9.17, 15) is 22.8 Å². The third-order valence-corrected chi connectivity index (χ3v) is 4.23. The van der Waals surface area contributed by atoms with Crippen molar-refractivity contribution < 1.29 is 22.8 Å². The maximum atomic E-state index is 13.7. The van der Waals surface area contributed by atoms with Crippen molar-refractivity contribution in [2.75, 3.05) is 11.9 Å². The van der Waals surface area contributed by atoms with Crippen LogP contribution in [0.4, 0.5) is 18.9 Å². The second-order valence-electron chi connectivity index (χ2n) is 6.23. The minimum atomic E-state index is -0.902. The standard InChI is InChI=1S/C22H17F3N2O2/c23-17-8-2-1-5-14(17)11-12-26-21(28)15-6-3-7-16(13-15)22(29)27-20-18(24)9-4-10-19(20)25/h1-10,13H,11-12H2,(H,26,28)(H,27,29). The molecule has 0 bridgehead atoms. The molecule has 0 unspecified atom stereocenters. The number of carbonyl (C=O) groups excluding carboxylic acids is 2. The highest BCUT2D eigenvalue weighted by atomic mass is 19.1. The van der Waals surface area contributed by atoms with Gasteiger partial charge in [-0.2, -0.15) is 0 Å². The Morgan fingerprint density at radius 1 is 0.724 bits per heavy atom. The summed E-state index contributed by atoms with van der Waals surface area (Å²) in [6.07, 6.45) is 0.311. The average Bonchev–Trinajstić information content (AvgIpc) is 2.72. The number of halogens is 3. The normalized spacial score (nSPS) is 10.4. The van der Waals surface area contributed by atoms with Gasteiger partial charge in [0.05, 0.1) is 0 Å². The van der Waals surface area contributed by atoms with Gasteiger partial charge < -0.3 is 10.6 Å². The highest BCUT2D eigenvalue weighted by Gasteiger charge is 2.15. The van der Waals surface area contributed by atoms with Crippen molar-refractivity contribution in [2.24, 2.45) is 0 Å². The first-order valence-corrected chi connectivity index (χ1v) is 8.83. The van der Waals surface area contributed by atoms with Gasteiger partial charge in [-0.15, -0.1) is 0 Å². The largest absolute Gasteiger partial charge is 0.352 e. The van der Waals surface area contributed by atoms with Crippen LogP contribution in [0.1, 0.15) is 26.3 Å². The Bertz CT molecular complexity index is 1030. The van der Waals surface area contributed by atoms with E-state index in [-0.39, 0.29) is 23.5 Å². The molecule has 0 saturated carbocycles. The molecule has 0 heterocycles. The molecular formula is C22H17F3N2O2. The number of rotatable bonds is 6. The summed E-state index contributed by atoms with van der Waals surface area (Å²) in [5.41, 5.74) is 0.180. The van der Waals surface area contributed by atoms with E-state index < -0.39 is 29.1 Å². The predicted molar refractivity (Wildman–Crippen MR) is 103 cm³/mol. The van der Waals surface area contributed by atoms with Crippen LogP contribution in [0.15, 0.2) is 66.7 Å². The number of benzene rings is 3. The monoisotopic (exact) mass is 398 g/mol. The van der Waals surface area contributed by atoms with Gasteiger partial charge in [-0.25, -0.2) is 13.2 Å². The molecule has 0 spiro atoms. The molecule has 0 aromatic heterocycles. The molecule has 0 atom stereocenters. The summed E-state index contributed by atoms with van der Waals surface area (Å²) >= 11 is 0. The second kappa shape index (κ2) is 9.05. The van der Waals surface area contributed by atoms with Crippen molar-refractivity contribution in [2.45, 2.75) is 6.42 Å². The summed E-state index contributed by atoms with van der Waals surface area (Å²) in [6, 6.07) is 15.2. The van der Waals surface area contributed by atoms with Crippen LogP contribution in [-0.2, 0) is 6.42 Å². The first kappa shape index (κ1) is 20.1. The summed E-state index contributed by atoms with van der Waals surface area (Å²) in [7, 11) is 0. The Hall–Kier alpha value is -3.61. The van der Waals surface area contributed by atoms with Crippen molar-refractivity contribution in [1.82, 2.24) is 5.32 Å². The van der Waals surface area contributed by atoms with E-state index in [0.29, 0.717) is 12.0 Å². The lowest BCUT2D eigenvalue weighted by Gasteiger charge is -2.09. The third-order valence-electron chi connectivity index (χ3n) is 4.23. The fourth-order valence-corrected chi connectivity index (χ4v) is 2.72. The van der Waals surface area contributed by atoms with Crippen LogP contribution in [0, 0.1) is 17.5 Å². The van der Waals surface area contributed by atoms with E-state index in [4.69, 9.17) is 0 Å². The van der Waals surface area contributed by atoms with Crippen LogP contribution in [0.5, 0.6) is 0 Å². The Morgan fingerprint density at radius 2 is 1.31 bits per heavy atom. The lowest BCUT2D eigenvalue weighted by atomic mass is 10.1. The molecule has 148 valence electrons. The Labute approximate surface area is 165 Å². The van der Waals surface area contributed by atoms with Crippen molar-refractivity contribution in [3.8, 4) is 0 Å². The molecule has 0 aliphatic heterocycles. The summed E-state index contributed by atoms with van der Waals surface area (Å²) in [4.78, 5) is 24.6. The fourth-order valence-electron chi connectivity index (χ4n) is 2.72. The molecule has 3 aromatic rings. The van der Waals surface area contributed by atoms with Gasteiger partial charge in [-0.3, -0.25) is 9.59 Å². The highest BCUT2D eigenvalue weighted by molar-refractivity contribution is 6.06. The molecule has 2 N–H and O–H groups in total. The number of hydrogen-bond acceptors (Lipinski definition) is 2. The molecule has 3 rings (SSSR count). The summed E-state index contributed by atoms with van der Waals surface area (Å²) in [5.74, 6) is -3.36. The minimum Gasteiger partial charge on any atom is -0.352 e. The molecule has 29 heavy (non-hydrogen) atoms. The number of hydrogen-bond donors (Lipinski definition) is 2.